The molecule has 1 aromatic rings. The van der Waals surface area contributed by atoms with Crippen molar-refractivity contribution in [2.75, 3.05) is 25.2 Å². The normalized spacial score (nSPS) is 13.5. The van der Waals surface area contributed by atoms with Gasteiger partial charge in [0.15, 0.2) is 0 Å². The van der Waals surface area contributed by atoms with Crippen LogP contribution in [0.3, 0.4) is 0 Å². The van der Waals surface area contributed by atoms with E-state index in [1.165, 1.54) is 0 Å². The monoisotopic (exact) mass is 284 g/mol. The third-order valence-electron chi connectivity index (χ3n) is 3.13. The Labute approximate surface area is 121 Å². The lowest BCUT2D eigenvalue weighted by atomic mass is 10.1. The van der Waals surface area contributed by atoms with Crippen molar-refractivity contribution in [2.45, 2.75) is 59.2 Å². The van der Waals surface area contributed by atoms with Crippen molar-refractivity contribution in [1.29, 1.82) is 0 Å². The molecule has 0 aromatic carbocycles. The van der Waals surface area contributed by atoms with Crippen LogP contribution >= 0.6 is 0 Å². The average molecular weight is 284 g/mol. The second-order valence-corrected chi connectivity index (χ2v) is 6.03. The molecule has 1 unspecified atom stereocenters. The highest BCUT2D eigenvalue weighted by molar-refractivity contribution is 5.25. The molecular formula is C14H28N4O2. The first-order valence-electron chi connectivity index (χ1n) is 7.20. The van der Waals surface area contributed by atoms with Gasteiger partial charge >= 0.3 is 6.01 Å². The first-order chi connectivity index (χ1) is 9.37. The Morgan fingerprint density at radius 3 is 2.60 bits per heavy atom. The number of hydrogen-bond donors (Lipinski definition) is 1. The minimum Gasteiger partial charge on any atom is -0.407 e. The molecule has 0 amide bonds. The van der Waals surface area contributed by atoms with Crippen LogP contribution in [-0.4, -0.2) is 42.0 Å². The number of nitrogens with one attached hydrogen (secondary N) is 1. The maximum absolute atomic E-state index is 5.75. The van der Waals surface area contributed by atoms with Gasteiger partial charge in [0.05, 0.1) is 13.2 Å². The third-order valence-corrected chi connectivity index (χ3v) is 3.13. The lowest BCUT2D eigenvalue weighted by Crippen LogP contribution is -2.36. The van der Waals surface area contributed by atoms with Gasteiger partial charge in [-0.05, 0) is 34.1 Å². The summed E-state index contributed by atoms with van der Waals surface area (Å²) in [5.41, 5.74) is 0.0289. The number of ether oxygens (including phenoxy) is 1. The zero-order chi connectivity index (χ0) is 15.2. The summed E-state index contributed by atoms with van der Waals surface area (Å²) in [7, 11) is 1.70. The van der Waals surface area contributed by atoms with Gasteiger partial charge in [0.2, 0.25) is 5.89 Å². The van der Waals surface area contributed by atoms with Crippen LogP contribution in [0.2, 0.25) is 0 Å². The van der Waals surface area contributed by atoms with E-state index < -0.39 is 0 Å². The van der Waals surface area contributed by atoms with Gasteiger partial charge in [-0.2, -0.15) is 0 Å². The van der Waals surface area contributed by atoms with Crippen molar-refractivity contribution in [2.24, 2.45) is 0 Å². The molecule has 1 N–H and O–H groups in total. The van der Waals surface area contributed by atoms with Crippen LogP contribution < -0.4 is 10.2 Å². The van der Waals surface area contributed by atoms with Crippen LogP contribution in [0.1, 0.15) is 46.9 Å². The standard InChI is InChI=1S/C14H28N4O2/c1-7-11(2)18(8-9-19-6)13-17-16-12(20-13)10-15-14(3,4)5/h11,15H,7-10H2,1-6H3. The van der Waals surface area contributed by atoms with Crippen LogP contribution in [0.5, 0.6) is 0 Å². The van der Waals surface area contributed by atoms with E-state index in [1.54, 1.807) is 7.11 Å². The zero-order valence-electron chi connectivity index (χ0n) is 13.6. The highest BCUT2D eigenvalue weighted by Crippen LogP contribution is 2.17. The van der Waals surface area contributed by atoms with E-state index >= 15 is 0 Å². The summed E-state index contributed by atoms with van der Waals surface area (Å²) in [5, 5.41) is 11.6. The molecule has 0 radical (unpaired) electrons. The van der Waals surface area contributed by atoms with Gasteiger partial charge in [0.25, 0.3) is 0 Å². The summed E-state index contributed by atoms with van der Waals surface area (Å²) >= 11 is 0. The van der Waals surface area contributed by atoms with Gasteiger partial charge in [0.1, 0.15) is 0 Å². The molecule has 0 spiro atoms. The molecule has 0 aliphatic carbocycles. The van der Waals surface area contributed by atoms with Gasteiger partial charge in [-0.3, -0.25) is 0 Å². The summed E-state index contributed by atoms with van der Waals surface area (Å²) in [6.07, 6.45) is 1.02. The van der Waals surface area contributed by atoms with E-state index in [0.29, 0.717) is 31.1 Å². The fourth-order valence-electron chi connectivity index (χ4n) is 1.69. The minimum absolute atomic E-state index is 0.0289. The van der Waals surface area contributed by atoms with Crippen molar-refractivity contribution in [3.05, 3.63) is 5.89 Å². The number of rotatable bonds is 8. The number of hydrogen-bond acceptors (Lipinski definition) is 6. The Balaban J connectivity index is 2.70. The number of aromatic nitrogens is 2. The van der Waals surface area contributed by atoms with E-state index in [4.69, 9.17) is 9.15 Å². The molecule has 0 aliphatic heterocycles. The quantitative estimate of drug-likeness (QED) is 0.789. The molecule has 1 aromatic heterocycles. The Morgan fingerprint density at radius 1 is 1.35 bits per heavy atom. The second kappa shape index (κ2) is 7.59. The Morgan fingerprint density at radius 2 is 2.05 bits per heavy atom. The maximum atomic E-state index is 5.75. The molecule has 0 bridgehead atoms. The van der Waals surface area contributed by atoms with Crippen molar-refractivity contribution in [3.8, 4) is 0 Å². The highest BCUT2D eigenvalue weighted by atomic mass is 16.5. The van der Waals surface area contributed by atoms with Gasteiger partial charge < -0.3 is 19.4 Å². The largest absolute Gasteiger partial charge is 0.407 e. The van der Waals surface area contributed by atoms with Crippen molar-refractivity contribution in [3.63, 3.8) is 0 Å². The zero-order valence-corrected chi connectivity index (χ0v) is 13.6. The molecule has 0 saturated heterocycles. The third kappa shape index (κ3) is 5.46. The second-order valence-electron chi connectivity index (χ2n) is 6.03. The lowest BCUT2D eigenvalue weighted by Gasteiger charge is -2.26. The molecule has 0 fully saturated rings. The molecule has 1 heterocycles. The van der Waals surface area contributed by atoms with Crippen LogP contribution in [0, 0.1) is 0 Å². The van der Waals surface area contributed by atoms with Gasteiger partial charge in [-0.1, -0.05) is 12.0 Å². The average Bonchev–Trinajstić information content (AvgIpc) is 2.84. The van der Waals surface area contributed by atoms with Crippen LogP contribution in [0.25, 0.3) is 0 Å². The Bertz CT molecular complexity index is 387. The molecule has 6 nitrogen and oxygen atoms in total. The molecule has 116 valence electrons. The smallest absolute Gasteiger partial charge is 0.318 e. The van der Waals surface area contributed by atoms with E-state index in [-0.39, 0.29) is 5.54 Å². The predicted octanol–water partition coefficient (Wildman–Crippen LogP) is 2.21. The molecular weight excluding hydrogens is 256 g/mol. The van der Waals surface area contributed by atoms with Crippen LogP contribution in [0.15, 0.2) is 4.42 Å². The van der Waals surface area contributed by atoms with E-state index in [1.807, 2.05) is 0 Å². The minimum atomic E-state index is 0.0289. The Hall–Kier alpha value is -1.14. The van der Waals surface area contributed by atoms with Crippen LogP contribution in [0.4, 0.5) is 6.01 Å². The first kappa shape index (κ1) is 16.9. The Kier molecular flexibility index (Phi) is 6.42. The van der Waals surface area contributed by atoms with Crippen molar-refractivity contribution >= 4 is 6.01 Å². The van der Waals surface area contributed by atoms with E-state index in [9.17, 15) is 0 Å². The predicted molar refractivity (Wildman–Crippen MR) is 79.9 cm³/mol. The van der Waals surface area contributed by atoms with E-state index in [2.05, 4.69) is 55.0 Å². The summed E-state index contributed by atoms with van der Waals surface area (Å²) in [6.45, 7) is 12.6. The SMILES string of the molecule is CCC(C)N(CCOC)c1nnc(CNC(C)(C)C)o1. The molecule has 0 aliphatic rings. The summed E-state index contributed by atoms with van der Waals surface area (Å²) in [4.78, 5) is 2.09. The molecule has 1 rings (SSSR count). The van der Waals surface area contributed by atoms with Crippen molar-refractivity contribution in [1.82, 2.24) is 15.5 Å². The maximum Gasteiger partial charge on any atom is 0.318 e. The van der Waals surface area contributed by atoms with E-state index in [0.717, 1.165) is 13.0 Å². The molecule has 6 heteroatoms. The fourth-order valence-corrected chi connectivity index (χ4v) is 1.69. The summed E-state index contributed by atoms with van der Waals surface area (Å²) in [6, 6.07) is 0.913. The number of anilines is 1. The van der Waals surface area contributed by atoms with Crippen molar-refractivity contribution < 1.29 is 9.15 Å². The molecule has 1 atom stereocenters. The lowest BCUT2D eigenvalue weighted by molar-refractivity contribution is 0.201. The van der Waals surface area contributed by atoms with Gasteiger partial charge in [-0.25, -0.2) is 0 Å². The number of methoxy groups -OCH3 is 1. The molecule has 0 saturated carbocycles. The molecule has 20 heavy (non-hydrogen) atoms. The summed E-state index contributed by atoms with van der Waals surface area (Å²) < 4.78 is 10.9. The highest BCUT2D eigenvalue weighted by Gasteiger charge is 2.19. The van der Waals surface area contributed by atoms with Gasteiger partial charge in [-0.15, -0.1) is 5.10 Å². The fraction of sp³-hybridized carbons (Fsp3) is 0.857. The summed E-state index contributed by atoms with van der Waals surface area (Å²) in [5.74, 6) is 0.612. The van der Waals surface area contributed by atoms with Crippen LogP contribution in [-0.2, 0) is 11.3 Å². The first-order valence-corrected chi connectivity index (χ1v) is 7.20. The van der Waals surface area contributed by atoms with Gasteiger partial charge in [0, 0.05) is 25.2 Å². The number of nitrogens with zero attached hydrogens (tertiary/aromatic N) is 3. The topological polar surface area (TPSA) is 63.4 Å².